The van der Waals surface area contributed by atoms with Crippen molar-refractivity contribution in [3.8, 4) is 5.88 Å². The standard InChI is InChI=1S/C20H29N5O4/c1-20(2,3)29-19(27)22-14-7-9-24(10-8-14)11-12-25-17(26)13-21-15-5-6-16(28-4)23-18(15)25/h5-6,13-14H,7-12H2,1-4H3,(H,22,27). The SMILES string of the molecule is COc1ccc2ncc(=O)n(CCN3CCC(NC(=O)OC(C)(C)C)CC3)c2n1. The van der Waals surface area contributed by atoms with E-state index >= 15 is 0 Å². The molecule has 0 aromatic carbocycles. The lowest BCUT2D eigenvalue weighted by atomic mass is 10.1. The zero-order valence-corrected chi connectivity index (χ0v) is 17.5. The normalized spacial score (nSPS) is 16.0. The molecule has 158 valence electrons. The van der Waals surface area contributed by atoms with Crippen molar-refractivity contribution in [2.45, 2.75) is 51.8 Å². The van der Waals surface area contributed by atoms with Gasteiger partial charge in [-0.25, -0.2) is 9.78 Å². The third kappa shape index (κ3) is 5.66. The molecular weight excluding hydrogens is 374 g/mol. The number of piperidine rings is 1. The Kier molecular flexibility index (Phi) is 6.36. The van der Waals surface area contributed by atoms with E-state index in [-0.39, 0.29) is 17.7 Å². The van der Waals surface area contributed by atoms with Gasteiger partial charge in [-0.1, -0.05) is 0 Å². The highest BCUT2D eigenvalue weighted by Crippen LogP contribution is 2.15. The first kappa shape index (κ1) is 21.0. The number of fused-ring (bicyclic) bond motifs is 1. The van der Waals surface area contributed by atoms with Gasteiger partial charge in [0, 0.05) is 38.3 Å². The second kappa shape index (κ2) is 8.77. The molecule has 2 aromatic heterocycles. The Bertz CT molecular complexity index is 913. The Labute approximate surface area is 170 Å². The number of likely N-dealkylation sites (tertiary alicyclic amines) is 1. The molecule has 9 nitrogen and oxygen atoms in total. The number of hydrogen-bond acceptors (Lipinski definition) is 7. The van der Waals surface area contributed by atoms with Crippen LogP contribution in [0.25, 0.3) is 11.2 Å². The first-order chi connectivity index (χ1) is 13.7. The van der Waals surface area contributed by atoms with Gasteiger partial charge in [0.05, 0.1) is 13.3 Å². The van der Waals surface area contributed by atoms with Gasteiger partial charge in [-0.3, -0.25) is 9.36 Å². The maximum atomic E-state index is 12.3. The molecule has 1 amide bonds. The topological polar surface area (TPSA) is 98.6 Å². The molecule has 1 aliphatic rings. The van der Waals surface area contributed by atoms with Gasteiger partial charge >= 0.3 is 6.09 Å². The van der Waals surface area contributed by atoms with Crippen LogP contribution in [0, 0.1) is 0 Å². The number of nitrogens with zero attached hydrogens (tertiary/aromatic N) is 4. The molecular formula is C20H29N5O4. The van der Waals surface area contributed by atoms with Crippen molar-refractivity contribution in [3.63, 3.8) is 0 Å². The lowest BCUT2D eigenvalue weighted by Gasteiger charge is -2.32. The van der Waals surface area contributed by atoms with Crippen molar-refractivity contribution >= 4 is 17.3 Å². The van der Waals surface area contributed by atoms with E-state index in [1.807, 2.05) is 20.8 Å². The number of alkyl carbamates (subject to hydrolysis) is 1. The van der Waals surface area contributed by atoms with E-state index in [1.165, 1.54) is 6.20 Å². The van der Waals surface area contributed by atoms with Crippen molar-refractivity contribution in [3.05, 3.63) is 28.7 Å². The van der Waals surface area contributed by atoms with Gasteiger partial charge in [0.2, 0.25) is 5.88 Å². The van der Waals surface area contributed by atoms with Crippen molar-refractivity contribution in [2.24, 2.45) is 0 Å². The van der Waals surface area contributed by atoms with Crippen LogP contribution in [-0.2, 0) is 11.3 Å². The summed E-state index contributed by atoms with van der Waals surface area (Å²) in [4.78, 5) is 35.1. The number of rotatable bonds is 5. The summed E-state index contributed by atoms with van der Waals surface area (Å²) in [6.07, 6.45) is 2.65. The fraction of sp³-hybridized carbons (Fsp3) is 0.600. The number of nitrogens with one attached hydrogen (secondary N) is 1. The third-order valence-corrected chi connectivity index (χ3v) is 4.82. The first-order valence-electron chi connectivity index (χ1n) is 9.87. The van der Waals surface area contributed by atoms with E-state index < -0.39 is 5.60 Å². The molecule has 9 heteroatoms. The number of pyridine rings is 1. The lowest BCUT2D eigenvalue weighted by Crippen LogP contribution is -2.46. The zero-order chi connectivity index (χ0) is 21.0. The molecule has 0 saturated carbocycles. The molecule has 0 bridgehead atoms. The second-order valence-electron chi connectivity index (χ2n) is 8.21. The average molecular weight is 403 g/mol. The number of aromatic nitrogens is 3. The maximum absolute atomic E-state index is 12.3. The largest absolute Gasteiger partial charge is 0.481 e. The van der Waals surface area contributed by atoms with Crippen LogP contribution < -0.4 is 15.6 Å². The maximum Gasteiger partial charge on any atom is 0.407 e. The van der Waals surface area contributed by atoms with Crippen LogP contribution in [0.2, 0.25) is 0 Å². The van der Waals surface area contributed by atoms with Crippen molar-refractivity contribution < 1.29 is 14.3 Å². The predicted molar refractivity (Wildman–Crippen MR) is 109 cm³/mol. The average Bonchev–Trinajstić information content (AvgIpc) is 2.66. The number of hydrogen-bond donors (Lipinski definition) is 1. The summed E-state index contributed by atoms with van der Waals surface area (Å²) in [5, 5.41) is 2.94. The zero-order valence-electron chi connectivity index (χ0n) is 17.5. The quantitative estimate of drug-likeness (QED) is 0.813. The summed E-state index contributed by atoms with van der Waals surface area (Å²) in [6, 6.07) is 3.63. The first-order valence-corrected chi connectivity index (χ1v) is 9.87. The number of carbonyl (C=O) groups is 1. The monoisotopic (exact) mass is 403 g/mol. The van der Waals surface area contributed by atoms with Crippen LogP contribution in [-0.4, -0.2) is 63.9 Å². The molecule has 0 radical (unpaired) electrons. The minimum Gasteiger partial charge on any atom is -0.481 e. The van der Waals surface area contributed by atoms with E-state index in [1.54, 1.807) is 23.8 Å². The van der Waals surface area contributed by atoms with Crippen LogP contribution in [0.15, 0.2) is 23.1 Å². The molecule has 3 heterocycles. The van der Waals surface area contributed by atoms with Gasteiger partial charge < -0.3 is 19.7 Å². The predicted octanol–water partition coefficient (Wildman–Crippen LogP) is 1.79. The van der Waals surface area contributed by atoms with Crippen LogP contribution >= 0.6 is 0 Å². The molecule has 0 atom stereocenters. The van der Waals surface area contributed by atoms with Gasteiger partial charge in [0.25, 0.3) is 5.56 Å². The van der Waals surface area contributed by atoms with Crippen molar-refractivity contribution in [1.29, 1.82) is 0 Å². The molecule has 2 aromatic rings. The third-order valence-electron chi connectivity index (χ3n) is 4.82. The van der Waals surface area contributed by atoms with Crippen LogP contribution in [0.4, 0.5) is 4.79 Å². The molecule has 0 unspecified atom stereocenters. The van der Waals surface area contributed by atoms with Gasteiger partial charge in [-0.2, -0.15) is 4.98 Å². The van der Waals surface area contributed by atoms with Gasteiger partial charge in [0.15, 0.2) is 5.65 Å². The Morgan fingerprint density at radius 2 is 1.97 bits per heavy atom. The summed E-state index contributed by atoms with van der Waals surface area (Å²) in [5.41, 5.74) is 0.506. The van der Waals surface area contributed by atoms with Crippen LogP contribution in [0.3, 0.4) is 0 Å². The molecule has 0 spiro atoms. The van der Waals surface area contributed by atoms with E-state index in [9.17, 15) is 9.59 Å². The Balaban J connectivity index is 1.56. The highest BCUT2D eigenvalue weighted by molar-refractivity contribution is 5.70. The van der Waals surface area contributed by atoms with E-state index in [2.05, 4.69) is 20.2 Å². The molecule has 3 rings (SSSR count). The fourth-order valence-corrected chi connectivity index (χ4v) is 3.37. The van der Waals surface area contributed by atoms with Crippen molar-refractivity contribution in [2.75, 3.05) is 26.7 Å². The molecule has 29 heavy (non-hydrogen) atoms. The summed E-state index contributed by atoms with van der Waals surface area (Å²) >= 11 is 0. The number of amides is 1. The highest BCUT2D eigenvalue weighted by atomic mass is 16.6. The number of ether oxygens (including phenoxy) is 2. The molecule has 1 saturated heterocycles. The minimum absolute atomic E-state index is 0.108. The Hall–Kier alpha value is -2.68. The van der Waals surface area contributed by atoms with Gasteiger partial charge in [-0.05, 0) is 39.7 Å². The van der Waals surface area contributed by atoms with Crippen molar-refractivity contribution in [1.82, 2.24) is 24.8 Å². The summed E-state index contributed by atoms with van der Waals surface area (Å²) in [7, 11) is 1.54. The molecule has 1 aliphatic heterocycles. The van der Waals surface area contributed by atoms with E-state index in [0.717, 1.165) is 32.5 Å². The van der Waals surface area contributed by atoms with Gasteiger partial charge in [0.1, 0.15) is 11.1 Å². The molecule has 1 fully saturated rings. The second-order valence-corrected chi connectivity index (χ2v) is 8.21. The minimum atomic E-state index is -0.498. The van der Waals surface area contributed by atoms with E-state index in [0.29, 0.717) is 23.6 Å². The number of carbonyl (C=O) groups excluding carboxylic acids is 1. The summed E-state index contributed by atoms with van der Waals surface area (Å²) < 4.78 is 12.1. The summed E-state index contributed by atoms with van der Waals surface area (Å²) in [5.74, 6) is 0.452. The molecule has 0 aliphatic carbocycles. The lowest BCUT2D eigenvalue weighted by molar-refractivity contribution is 0.0478. The van der Waals surface area contributed by atoms with E-state index in [4.69, 9.17) is 9.47 Å². The fourth-order valence-electron chi connectivity index (χ4n) is 3.37. The Morgan fingerprint density at radius 1 is 1.24 bits per heavy atom. The molecule has 1 N–H and O–H groups in total. The Morgan fingerprint density at radius 3 is 2.62 bits per heavy atom. The van der Waals surface area contributed by atoms with Crippen LogP contribution in [0.5, 0.6) is 5.88 Å². The van der Waals surface area contributed by atoms with Gasteiger partial charge in [-0.15, -0.1) is 0 Å². The summed E-state index contributed by atoms with van der Waals surface area (Å²) in [6.45, 7) is 8.47. The van der Waals surface area contributed by atoms with Crippen LogP contribution in [0.1, 0.15) is 33.6 Å². The smallest absolute Gasteiger partial charge is 0.407 e. The number of methoxy groups -OCH3 is 1. The highest BCUT2D eigenvalue weighted by Gasteiger charge is 2.23.